The van der Waals surface area contributed by atoms with E-state index in [1.807, 2.05) is 0 Å². The quantitative estimate of drug-likeness (QED) is 0.229. The number of methoxy groups -OCH3 is 3. The Bertz CT molecular complexity index is 816. The zero-order valence-corrected chi connectivity index (χ0v) is 25.8. The summed E-state index contributed by atoms with van der Waals surface area (Å²) in [7, 11) is 5.07. The molecule has 3 fully saturated rings. The summed E-state index contributed by atoms with van der Waals surface area (Å²) in [4.78, 5) is 0. The first-order chi connectivity index (χ1) is 18.6. The van der Waals surface area contributed by atoms with Crippen molar-refractivity contribution in [1.29, 1.82) is 0 Å². The average Bonchev–Trinajstić information content (AvgIpc) is 3.27. The first kappa shape index (κ1) is 31.4. The van der Waals surface area contributed by atoms with Crippen LogP contribution in [0.1, 0.15) is 79.6 Å². The third kappa shape index (κ3) is 6.02. The Morgan fingerprint density at radius 2 is 1.51 bits per heavy atom. The zero-order valence-electron chi connectivity index (χ0n) is 25.8. The highest BCUT2D eigenvalue weighted by molar-refractivity contribution is 5.32. The first-order valence-electron chi connectivity index (χ1n) is 15.3. The van der Waals surface area contributed by atoms with Gasteiger partial charge >= 0.3 is 0 Å². The molecule has 4 aliphatic rings. The van der Waals surface area contributed by atoms with Crippen LogP contribution >= 0.6 is 0 Å². The van der Waals surface area contributed by atoms with Crippen LogP contribution in [0, 0.1) is 46.3 Å². The second kappa shape index (κ2) is 13.2. The lowest BCUT2D eigenvalue weighted by atomic mass is 9.44. The molecule has 11 atom stereocenters. The van der Waals surface area contributed by atoms with E-state index in [9.17, 15) is 5.11 Å². The summed E-state index contributed by atoms with van der Waals surface area (Å²) in [6.07, 6.45) is 9.66. The minimum Gasteiger partial charge on any atom is -0.393 e. The summed E-state index contributed by atoms with van der Waals surface area (Å²) in [6, 6.07) is 0. The van der Waals surface area contributed by atoms with E-state index < -0.39 is 0 Å². The molecule has 7 heteroatoms. The highest BCUT2D eigenvalue weighted by Gasteiger charge is 2.64. The van der Waals surface area contributed by atoms with Gasteiger partial charge in [0.2, 0.25) is 0 Å². The Labute approximate surface area is 237 Å². The maximum absolute atomic E-state index is 10.7. The first-order valence-corrected chi connectivity index (χ1v) is 15.3. The molecule has 226 valence electrons. The Morgan fingerprint density at radius 3 is 2.15 bits per heavy atom. The molecule has 4 rings (SSSR count). The van der Waals surface area contributed by atoms with Gasteiger partial charge in [-0.05, 0) is 85.4 Å². The SMILES string of the molecule is COCO[C@@H]1CC[C@@]2(C)[C@H](C1)[C@@H](OCOC)[C@H](OCOC)[C@H]1C3=CC[C@H]([C@H](C)CC(O)C(C)C)[C@@]3(C)CC[C@@H]12. The van der Waals surface area contributed by atoms with Crippen molar-refractivity contribution in [3.05, 3.63) is 11.6 Å². The van der Waals surface area contributed by atoms with Crippen molar-refractivity contribution in [3.8, 4) is 0 Å². The minimum atomic E-state index is -0.251. The zero-order chi connectivity index (χ0) is 28.4. The lowest BCUT2D eigenvalue weighted by molar-refractivity contribution is -0.257. The molecule has 1 N–H and O–H groups in total. The van der Waals surface area contributed by atoms with E-state index in [4.69, 9.17) is 28.4 Å². The number of aliphatic hydroxyl groups is 1. The van der Waals surface area contributed by atoms with E-state index in [0.717, 1.165) is 32.1 Å². The second-order valence-corrected chi connectivity index (χ2v) is 13.8. The summed E-state index contributed by atoms with van der Waals surface area (Å²) < 4.78 is 35.5. The van der Waals surface area contributed by atoms with E-state index in [0.29, 0.717) is 30.5 Å². The summed E-state index contributed by atoms with van der Waals surface area (Å²) in [5, 5.41) is 10.7. The average molecular weight is 553 g/mol. The maximum Gasteiger partial charge on any atom is 0.146 e. The summed E-state index contributed by atoms with van der Waals surface area (Å²) in [5.74, 6) is 2.38. The number of ether oxygens (including phenoxy) is 6. The largest absolute Gasteiger partial charge is 0.393 e. The molecule has 4 aliphatic carbocycles. The molecule has 0 aromatic heterocycles. The molecule has 0 radical (unpaired) electrons. The Balaban J connectivity index is 1.67. The highest BCUT2D eigenvalue weighted by Crippen LogP contribution is 2.67. The van der Waals surface area contributed by atoms with Crippen molar-refractivity contribution < 1.29 is 33.5 Å². The van der Waals surface area contributed by atoms with E-state index in [-0.39, 0.29) is 60.7 Å². The van der Waals surface area contributed by atoms with Crippen molar-refractivity contribution in [2.24, 2.45) is 46.3 Å². The predicted octanol–water partition coefficient (Wildman–Crippen LogP) is 5.80. The van der Waals surface area contributed by atoms with Crippen LogP contribution in [0.5, 0.6) is 0 Å². The number of fused-ring (bicyclic) bond motifs is 5. The highest BCUT2D eigenvalue weighted by atomic mass is 16.7. The monoisotopic (exact) mass is 552 g/mol. The van der Waals surface area contributed by atoms with Gasteiger partial charge < -0.3 is 33.5 Å². The van der Waals surface area contributed by atoms with Crippen molar-refractivity contribution >= 4 is 0 Å². The molecule has 1 unspecified atom stereocenters. The van der Waals surface area contributed by atoms with E-state index >= 15 is 0 Å². The van der Waals surface area contributed by atoms with Crippen molar-refractivity contribution in [2.75, 3.05) is 41.7 Å². The Morgan fingerprint density at radius 1 is 0.872 bits per heavy atom. The van der Waals surface area contributed by atoms with Crippen molar-refractivity contribution in [2.45, 2.75) is 104 Å². The molecule has 7 nitrogen and oxygen atoms in total. The molecule has 0 aromatic carbocycles. The number of hydrogen-bond donors (Lipinski definition) is 1. The molecule has 3 saturated carbocycles. The van der Waals surface area contributed by atoms with Crippen LogP contribution in [-0.2, 0) is 28.4 Å². The molecule has 39 heavy (non-hydrogen) atoms. The fraction of sp³-hybridized carbons (Fsp3) is 0.938. The fourth-order valence-corrected chi connectivity index (χ4v) is 9.23. The molecule has 0 saturated heterocycles. The summed E-state index contributed by atoms with van der Waals surface area (Å²) >= 11 is 0. The standard InChI is InChI=1S/C32H56O7/c1-20(2)27(33)15-21(3)23-9-10-24-28-25(12-14-31(23,24)4)32(5)13-11-22(37-17-34-6)16-26(32)29(38-18-35-7)30(28)39-19-36-8/h10,20-23,25-30,33H,9,11-19H2,1-8H3/t21-,22-,23-,25+,26-,27?,28+,29-,30-,31-,32-/m1/s1. The summed E-state index contributed by atoms with van der Waals surface area (Å²) in [5.41, 5.74) is 1.81. The van der Waals surface area contributed by atoms with Gasteiger partial charge in [-0.1, -0.05) is 46.3 Å². The number of aliphatic hydroxyl groups excluding tert-OH is 1. The lowest BCUT2D eigenvalue weighted by Gasteiger charge is -2.63. The molecule has 0 aliphatic heterocycles. The summed E-state index contributed by atoms with van der Waals surface area (Å²) in [6.45, 7) is 12.4. The van der Waals surface area contributed by atoms with Crippen LogP contribution in [0.25, 0.3) is 0 Å². The van der Waals surface area contributed by atoms with Gasteiger partial charge in [-0.2, -0.15) is 0 Å². The van der Waals surface area contributed by atoms with Crippen molar-refractivity contribution in [3.63, 3.8) is 0 Å². The van der Waals surface area contributed by atoms with Gasteiger partial charge in [0.25, 0.3) is 0 Å². The molecule has 0 amide bonds. The van der Waals surface area contributed by atoms with Crippen molar-refractivity contribution in [1.82, 2.24) is 0 Å². The van der Waals surface area contributed by atoms with Crippen LogP contribution in [0.3, 0.4) is 0 Å². The third-order valence-electron chi connectivity index (χ3n) is 11.4. The van der Waals surface area contributed by atoms with Crippen LogP contribution in [0.2, 0.25) is 0 Å². The van der Waals surface area contributed by atoms with Crippen LogP contribution < -0.4 is 0 Å². The van der Waals surface area contributed by atoms with Gasteiger partial charge in [-0.3, -0.25) is 0 Å². The van der Waals surface area contributed by atoms with Crippen LogP contribution in [0.15, 0.2) is 11.6 Å². The van der Waals surface area contributed by atoms with E-state index in [2.05, 4.69) is 40.7 Å². The van der Waals surface area contributed by atoms with E-state index in [1.54, 1.807) is 26.9 Å². The van der Waals surface area contributed by atoms with Gasteiger partial charge in [0.05, 0.1) is 24.4 Å². The van der Waals surface area contributed by atoms with Gasteiger partial charge in [-0.15, -0.1) is 0 Å². The maximum atomic E-state index is 10.7. The topological polar surface area (TPSA) is 75.6 Å². The van der Waals surface area contributed by atoms with Crippen LogP contribution in [-0.4, -0.2) is 71.2 Å². The Kier molecular flexibility index (Phi) is 10.6. The number of allylic oxidation sites excluding steroid dienone is 1. The number of rotatable bonds is 13. The normalized spacial score (nSPS) is 41.5. The van der Waals surface area contributed by atoms with Gasteiger partial charge in [0.1, 0.15) is 20.4 Å². The molecule has 0 bridgehead atoms. The Hall–Kier alpha value is -0.540. The smallest absolute Gasteiger partial charge is 0.146 e. The molecular formula is C32H56O7. The van der Waals surface area contributed by atoms with Gasteiger partial charge in [0, 0.05) is 27.2 Å². The lowest BCUT2D eigenvalue weighted by Crippen LogP contribution is -2.64. The van der Waals surface area contributed by atoms with Gasteiger partial charge in [-0.25, -0.2) is 0 Å². The predicted molar refractivity (Wildman–Crippen MR) is 151 cm³/mol. The molecule has 0 spiro atoms. The van der Waals surface area contributed by atoms with Crippen LogP contribution in [0.4, 0.5) is 0 Å². The molecular weight excluding hydrogens is 496 g/mol. The fourth-order valence-electron chi connectivity index (χ4n) is 9.23. The van der Waals surface area contributed by atoms with Gasteiger partial charge in [0.15, 0.2) is 0 Å². The number of hydrogen-bond acceptors (Lipinski definition) is 7. The third-order valence-corrected chi connectivity index (χ3v) is 11.4. The minimum absolute atomic E-state index is 0.106. The van der Waals surface area contributed by atoms with E-state index in [1.165, 1.54) is 12.8 Å². The second-order valence-electron chi connectivity index (χ2n) is 13.8. The molecule has 0 aromatic rings. The molecule has 0 heterocycles.